The van der Waals surface area contributed by atoms with E-state index >= 15 is 0 Å². The number of anilines is 1. The summed E-state index contributed by atoms with van der Waals surface area (Å²) >= 11 is 0. The zero-order chi connectivity index (χ0) is 9.10. The van der Waals surface area contributed by atoms with E-state index in [-0.39, 0.29) is 0 Å². The maximum absolute atomic E-state index is 10.7. The highest BCUT2D eigenvalue weighted by Gasteiger charge is 2.13. The summed E-state index contributed by atoms with van der Waals surface area (Å²) in [5.74, 6) is 0. The third kappa shape index (κ3) is 1.55. The van der Waals surface area contributed by atoms with Crippen LogP contribution in [0.15, 0.2) is 24.3 Å². The van der Waals surface area contributed by atoms with Gasteiger partial charge in [-0.3, -0.25) is 10.1 Å². The van der Waals surface area contributed by atoms with E-state index in [1.165, 1.54) is 0 Å². The lowest BCUT2D eigenvalue weighted by Gasteiger charge is -2.17. The second-order valence-electron chi connectivity index (χ2n) is 3.10. The molecule has 0 radical (unpaired) electrons. The molecule has 0 spiro atoms. The van der Waals surface area contributed by atoms with E-state index in [4.69, 9.17) is 0 Å². The monoisotopic (exact) mass is 176 g/mol. The summed E-state index contributed by atoms with van der Waals surface area (Å²) in [6.45, 7) is 2.81. The summed E-state index contributed by atoms with van der Waals surface area (Å²) in [4.78, 5) is 12.9. The zero-order valence-electron chi connectivity index (χ0n) is 7.36. The molecule has 3 heteroatoms. The van der Waals surface area contributed by atoms with Crippen LogP contribution in [-0.2, 0) is 0 Å². The van der Waals surface area contributed by atoms with Crippen molar-refractivity contribution in [1.29, 1.82) is 0 Å². The van der Waals surface area contributed by atoms with Crippen molar-refractivity contribution in [2.45, 2.75) is 0 Å². The Morgan fingerprint density at radius 3 is 2.92 bits per heavy atom. The van der Waals surface area contributed by atoms with Crippen molar-refractivity contribution in [1.82, 2.24) is 5.32 Å². The van der Waals surface area contributed by atoms with Crippen LogP contribution in [0, 0.1) is 0 Å². The van der Waals surface area contributed by atoms with E-state index in [0.29, 0.717) is 0 Å². The Balaban J connectivity index is 2.31. The van der Waals surface area contributed by atoms with Crippen LogP contribution in [0.3, 0.4) is 0 Å². The van der Waals surface area contributed by atoms with E-state index in [0.717, 1.165) is 37.3 Å². The highest BCUT2D eigenvalue weighted by atomic mass is 16.1. The van der Waals surface area contributed by atoms with E-state index in [9.17, 15) is 4.79 Å². The molecule has 1 aromatic carbocycles. The van der Waals surface area contributed by atoms with Gasteiger partial charge in [-0.2, -0.15) is 0 Å². The van der Waals surface area contributed by atoms with Crippen molar-refractivity contribution in [2.24, 2.45) is 0 Å². The summed E-state index contributed by atoms with van der Waals surface area (Å²) in [6, 6.07) is 7.68. The van der Waals surface area contributed by atoms with Crippen molar-refractivity contribution in [3.8, 4) is 0 Å². The number of carbonyl (C=O) groups is 1. The second kappa shape index (κ2) is 3.58. The molecule has 68 valence electrons. The van der Waals surface area contributed by atoms with Gasteiger partial charge in [-0.15, -0.1) is 0 Å². The molecule has 1 N–H and O–H groups in total. The molecule has 13 heavy (non-hydrogen) atoms. The third-order valence-electron chi connectivity index (χ3n) is 2.27. The number of nitrogens with one attached hydrogen (secondary N) is 1. The molecule has 0 aromatic heterocycles. The fourth-order valence-electron chi connectivity index (χ4n) is 1.59. The van der Waals surface area contributed by atoms with Crippen LogP contribution in [-0.4, -0.2) is 26.0 Å². The maximum atomic E-state index is 10.7. The first kappa shape index (κ1) is 8.26. The van der Waals surface area contributed by atoms with Crippen LogP contribution in [0.2, 0.25) is 0 Å². The maximum Gasteiger partial charge on any atom is 0.152 e. The number of para-hydroxylation sites is 1. The molecule has 1 saturated heterocycles. The van der Waals surface area contributed by atoms with Gasteiger partial charge in [0.15, 0.2) is 6.29 Å². The van der Waals surface area contributed by atoms with Crippen molar-refractivity contribution >= 4 is 12.0 Å². The molecular formula is C10H12N2O. The molecule has 1 aliphatic rings. The van der Waals surface area contributed by atoms with E-state index in [1.54, 1.807) is 0 Å². The molecular weight excluding hydrogens is 164 g/mol. The standard InChI is InChI=1S/C10H12N2O/c13-7-9-3-1-2-4-10(9)12-6-5-11-8-12/h1-4,7,11H,5-6,8H2. The Bertz CT molecular complexity index is 306. The van der Waals surface area contributed by atoms with E-state index < -0.39 is 0 Å². The molecule has 0 amide bonds. The van der Waals surface area contributed by atoms with Gasteiger partial charge in [0.25, 0.3) is 0 Å². The second-order valence-corrected chi connectivity index (χ2v) is 3.10. The predicted molar refractivity (Wildman–Crippen MR) is 52.0 cm³/mol. The number of benzene rings is 1. The number of carbonyl (C=O) groups excluding carboxylic acids is 1. The summed E-state index contributed by atoms with van der Waals surface area (Å²) in [7, 11) is 0. The lowest BCUT2D eigenvalue weighted by molar-refractivity contribution is 0.112. The van der Waals surface area contributed by atoms with E-state index in [2.05, 4.69) is 10.2 Å². The van der Waals surface area contributed by atoms with Crippen LogP contribution in [0.4, 0.5) is 5.69 Å². The fraction of sp³-hybridized carbons (Fsp3) is 0.300. The first-order chi connectivity index (χ1) is 6.42. The van der Waals surface area contributed by atoms with Crippen LogP contribution in [0.5, 0.6) is 0 Å². The average Bonchev–Trinajstić information content (AvgIpc) is 2.70. The van der Waals surface area contributed by atoms with Crippen LogP contribution in [0.25, 0.3) is 0 Å². The minimum absolute atomic E-state index is 0.770. The van der Waals surface area contributed by atoms with Gasteiger partial charge < -0.3 is 4.90 Å². The fourth-order valence-corrected chi connectivity index (χ4v) is 1.59. The van der Waals surface area contributed by atoms with Crippen molar-refractivity contribution in [3.05, 3.63) is 29.8 Å². The van der Waals surface area contributed by atoms with Crippen LogP contribution >= 0.6 is 0 Å². The highest BCUT2D eigenvalue weighted by Crippen LogP contribution is 2.18. The molecule has 1 aliphatic heterocycles. The summed E-state index contributed by atoms with van der Waals surface area (Å²) in [5, 5.41) is 3.23. The zero-order valence-corrected chi connectivity index (χ0v) is 7.36. The van der Waals surface area contributed by atoms with E-state index in [1.807, 2.05) is 24.3 Å². The van der Waals surface area contributed by atoms with Crippen molar-refractivity contribution in [2.75, 3.05) is 24.7 Å². The Morgan fingerprint density at radius 1 is 1.38 bits per heavy atom. The van der Waals surface area contributed by atoms with Gasteiger partial charge in [0.05, 0.1) is 6.67 Å². The Kier molecular flexibility index (Phi) is 2.27. The Labute approximate surface area is 77.4 Å². The molecule has 1 aromatic rings. The molecule has 0 saturated carbocycles. The minimum atomic E-state index is 0.770. The molecule has 0 aliphatic carbocycles. The normalized spacial score (nSPS) is 16.2. The van der Waals surface area contributed by atoms with Gasteiger partial charge in [0.2, 0.25) is 0 Å². The molecule has 1 heterocycles. The minimum Gasteiger partial charge on any atom is -0.357 e. The van der Waals surface area contributed by atoms with Gasteiger partial charge in [0, 0.05) is 24.3 Å². The van der Waals surface area contributed by atoms with Crippen molar-refractivity contribution in [3.63, 3.8) is 0 Å². The summed E-state index contributed by atoms with van der Waals surface area (Å²) in [6.07, 6.45) is 0.910. The molecule has 0 unspecified atom stereocenters. The van der Waals surface area contributed by atoms with Crippen molar-refractivity contribution < 1.29 is 4.79 Å². The number of nitrogens with zero attached hydrogens (tertiary/aromatic N) is 1. The SMILES string of the molecule is O=Cc1ccccc1N1CCNC1. The highest BCUT2D eigenvalue weighted by molar-refractivity contribution is 5.84. The largest absolute Gasteiger partial charge is 0.357 e. The molecule has 2 rings (SSSR count). The smallest absolute Gasteiger partial charge is 0.152 e. The molecule has 1 fully saturated rings. The first-order valence-corrected chi connectivity index (χ1v) is 4.41. The quantitative estimate of drug-likeness (QED) is 0.678. The molecule has 0 bridgehead atoms. The lowest BCUT2D eigenvalue weighted by atomic mass is 10.2. The third-order valence-corrected chi connectivity index (χ3v) is 2.27. The van der Waals surface area contributed by atoms with Gasteiger partial charge >= 0.3 is 0 Å². The predicted octanol–water partition coefficient (Wildman–Crippen LogP) is 0.866. The van der Waals surface area contributed by atoms with Gasteiger partial charge in [0.1, 0.15) is 0 Å². The lowest BCUT2D eigenvalue weighted by Crippen LogP contribution is -2.22. The van der Waals surface area contributed by atoms with Gasteiger partial charge in [-0.1, -0.05) is 12.1 Å². The van der Waals surface area contributed by atoms with Gasteiger partial charge in [-0.05, 0) is 12.1 Å². The first-order valence-electron chi connectivity index (χ1n) is 4.41. The Morgan fingerprint density at radius 2 is 2.23 bits per heavy atom. The number of aldehydes is 1. The van der Waals surface area contributed by atoms with Gasteiger partial charge in [-0.25, -0.2) is 0 Å². The summed E-state index contributed by atoms with van der Waals surface area (Å²) < 4.78 is 0. The Hall–Kier alpha value is -1.35. The van der Waals surface area contributed by atoms with Crippen LogP contribution < -0.4 is 10.2 Å². The summed E-state index contributed by atoms with van der Waals surface area (Å²) in [5.41, 5.74) is 1.80. The molecule has 3 nitrogen and oxygen atoms in total. The average molecular weight is 176 g/mol. The number of rotatable bonds is 2. The number of hydrogen-bond acceptors (Lipinski definition) is 3. The molecule has 0 atom stereocenters. The van der Waals surface area contributed by atoms with Crippen LogP contribution in [0.1, 0.15) is 10.4 Å². The number of hydrogen-bond donors (Lipinski definition) is 1. The topological polar surface area (TPSA) is 32.3 Å².